The number of aryl methyl sites for hydroxylation is 2. The summed E-state index contributed by atoms with van der Waals surface area (Å²) in [5.74, 6) is 0.515. The van der Waals surface area contributed by atoms with E-state index < -0.39 is 0 Å². The molecule has 114 valence electrons. The normalized spacial score (nSPS) is 10.5. The number of ether oxygens (including phenoxy) is 1. The minimum atomic E-state index is -0.185. The second-order valence-electron chi connectivity index (χ2n) is 4.78. The molecule has 2 amide bonds. The molecule has 0 aliphatic carbocycles. The SMILES string of the molecule is COc1cc(C)c(/C=C/C(=O)NCCNC(C)=O)c(C)c1. The maximum atomic E-state index is 11.7. The third kappa shape index (κ3) is 5.69. The largest absolute Gasteiger partial charge is 0.497 e. The van der Waals surface area contributed by atoms with Crippen LogP contribution >= 0.6 is 0 Å². The predicted octanol–water partition coefficient (Wildman–Crippen LogP) is 1.58. The van der Waals surface area contributed by atoms with Gasteiger partial charge in [0, 0.05) is 26.1 Å². The highest BCUT2D eigenvalue weighted by Crippen LogP contribution is 2.22. The van der Waals surface area contributed by atoms with Gasteiger partial charge < -0.3 is 15.4 Å². The molecular weight excluding hydrogens is 268 g/mol. The third-order valence-electron chi connectivity index (χ3n) is 3.00. The molecule has 2 N–H and O–H groups in total. The Morgan fingerprint density at radius 3 is 2.24 bits per heavy atom. The Bertz CT molecular complexity index is 527. The monoisotopic (exact) mass is 290 g/mol. The van der Waals surface area contributed by atoms with Gasteiger partial charge in [0.05, 0.1) is 7.11 Å². The highest BCUT2D eigenvalue weighted by molar-refractivity contribution is 5.92. The Morgan fingerprint density at radius 1 is 1.14 bits per heavy atom. The van der Waals surface area contributed by atoms with Crippen LogP contribution in [0.3, 0.4) is 0 Å². The van der Waals surface area contributed by atoms with E-state index in [2.05, 4.69) is 10.6 Å². The molecule has 1 rings (SSSR count). The molecule has 0 aliphatic rings. The lowest BCUT2D eigenvalue weighted by molar-refractivity contribution is -0.119. The number of hydrogen-bond donors (Lipinski definition) is 2. The van der Waals surface area contributed by atoms with E-state index in [1.165, 1.54) is 13.0 Å². The fraction of sp³-hybridized carbons (Fsp3) is 0.375. The first kappa shape index (κ1) is 16.8. The second-order valence-corrected chi connectivity index (χ2v) is 4.78. The maximum Gasteiger partial charge on any atom is 0.244 e. The van der Waals surface area contributed by atoms with Crippen molar-refractivity contribution in [1.82, 2.24) is 10.6 Å². The Hall–Kier alpha value is -2.30. The van der Waals surface area contributed by atoms with E-state index in [0.29, 0.717) is 13.1 Å². The molecule has 0 fully saturated rings. The van der Waals surface area contributed by atoms with Crippen molar-refractivity contribution in [1.29, 1.82) is 0 Å². The molecule has 5 heteroatoms. The fourth-order valence-corrected chi connectivity index (χ4v) is 1.96. The van der Waals surface area contributed by atoms with Crippen molar-refractivity contribution in [2.75, 3.05) is 20.2 Å². The van der Waals surface area contributed by atoms with Gasteiger partial charge in [0.15, 0.2) is 0 Å². The van der Waals surface area contributed by atoms with Crippen LogP contribution < -0.4 is 15.4 Å². The van der Waals surface area contributed by atoms with Gasteiger partial charge in [-0.15, -0.1) is 0 Å². The molecule has 0 spiro atoms. The number of carbonyl (C=O) groups is 2. The Kier molecular flexibility index (Phi) is 6.46. The van der Waals surface area contributed by atoms with Crippen LogP contribution in [0.2, 0.25) is 0 Å². The summed E-state index contributed by atoms with van der Waals surface area (Å²) in [7, 11) is 1.63. The molecule has 0 bridgehead atoms. The number of benzene rings is 1. The summed E-state index contributed by atoms with van der Waals surface area (Å²) in [6.07, 6.45) is 3.29. The van der Waals surface area contributed by atoms with Gasteiger partial charge in [0.2, 0.25) is 11.8 Å². The van der Waals surface area contributed by atoms with Crippen molar-refractivity contribution >= 4 is 17.9 Å². The molecule has 0 aromatic heterocycles. The smallest absolute Gasteiger partial charge is 0.244 e. The fourth-order valence-electron chi connectivity index (χ4n) is 1.96. The first-order valence-electron chi connectivity index (χ1n) is 6.79. The van der Waals surface area contributed by atoms with E-state index in [9.17, 15) is 9.59 Å². The zero-order chi connectivity index (χ0) is 15.8. The van der Waals surface area contributed by atoms with Crippen molar-refractivity contribution in [3.8, 4) is 5.75 Å². The zero-order valence-electron chi connectivity index (χ0n) is 12.9. The van der Waals surface area contributed by atoms with Gasteiger partial charge in [-0.2, -0.15) is 0 Å². The lowest BCUT2D eigenvalue weighted by Gasteiger charge is -2.09. The van der Waals surface area contributed by atoms with E-state index in [-0.39, 0.29) is 11.8 Å². The Labute approximate surface area is 125 Å². The van der Waals surface area contributed by atoms with Crippen LogP contribution in [-0.4, -0.2) is 32.0 Å². The summed E-state index contributed by atoms with van der Waals surface area (Å²) < 4.78 is 5.20. The van der Waals surface area contributed by atoms with Crippen molar-refractivity contribution in [3.63, 3.8) is 0 Å². The topological polar surface area (TPSA) is 67.4 Å². The zero-order valence-corrected chi connectivity index (χ0v) is 12.9. The van der Waals surface area contributed by atoms with Crippen LogP contribution in [0.25, 0.3) is 6.08 Å². The highest BCUT2D eigenvalue weighted by atomic mass is 16.5. The maximum absolute atomic E-state index is 11.7. The summed E-state index contributed by atoms with van der Waals surface area (Å²) in [4.78, 5) is 22.3. The minimum Gasteiger partial charge on any atom is -0.497 e. The molecule has 0 atom stereocenters. The van der Waals surface area contributed by atoms with Crippen LogP contribution in [0, 0.1) is 13.8 Å². The van der Waals surface area contributed by atoms with Crippen LogP contribution in [0.5, 0.6) is 5.75 Å². The van der Waals surface area contributed by atoms with E-state index in [1.807, 2.05) is 26.0 Å². The molecule has 0 heterocycles. The predicted molar refractivity (Wildman–Crippen MR) is 83.2 cm³/mol. The van der Waals surface area contributed by atoms with E-state index in [4.69, 9.17) is 4.74 Å². The Balaban J connectivity index is 2.60. The van der Waals surface area contributed by atoms with Crippen molar-refractivity contribution in [2.45, 2.75) is 20.8 Å². The first-order chi connectivity index (χ1) is 9.93. The number of hydrogen-bond acceptors (Lipinski definition) is 3. The summed E-state index contributed by atoms with van der Waals surface area (Å²) in [5, 5.41) is 5.32. The van der Waals surface area contributed by atoms with Crippen molar-refractivity contribution in [3.05, 3.63) is 34.9 Å². The number of methoxy groups -OCH3 is 1. The standard InChI is InChI=1S/C16H22N2O3/c1-11-9-14(21-4)10-12(2)15(11)5-6-16(20)18-8-7-17-13(3)19/h5-6,9-10H,7-8H2,1-4H3,(H,17,19)(H,18,20)/b6-5+. The van der Waals surface area contributed by atoms with E-state index in [0.717, 1.165) is 22.4 Å². The van der Waals surface area contributed by atoms with Crippen LogP contribution in [0.4, 0.5) is 0 Å². The molecule has 0 saturated carbocycles. The second kappa shape index (κ2) is 8.09. The quantitative estimate of drug-likeness (QED) is 0.617. The average molecular weight is 290 g/mol. The molecule has 5 nitrogen and oxygen atoms in total. The summed E-state index contributed by atoms with van der Waals surface area (Å²) in [6.45, 7) is 6.23. The lowest BCUT2D eigenvalue weighted by atomic mass is 10.0. The lowest BCUT2D eigenvalue weighted by Crippen LogP contribution is -2.32. The average Bonchev–Trinajstić information content (AvgIpc) is 2.42. The summed E-state index contributed by atoms with van der Waals surface area (Å²) in [5.41, 5.74) is 3.11. The number of carbonyl (C=O) groups excluding carboxylic acids is 2. The van der Waals surface area contributed by atoms with Crippen molar-refractivity contribution < 1.29 is 14.3 Å². The number of amides is 2. The summed E-state index contributed by atoms with van der Waals surface area (Å²) in [6, 6.07) is 3.86. The van der Waals surface area contributed by atoms with Crippen LogP contribution in [0.1, 0.15) is 23.6 Å². The molecular formula is C16H22N2O3. The molecule has 0 saturated heterocycles. The van der Waals surface area contributed by atoms with E-state index >= 15 is 0 Å². The number of nitrogens with one attached hydrogen (secondary N) is 2. The van der Waals surface area contributed by atoms with Crippen LogP contribution in [-0.2, 0) is 9.59 Å². The van der Waals surface area contributed by atoms with Gasteiger partial charge in [0.1, 0.15) is 5.75 Å². The molecule has 0 aliphatic heterocycles. The van der Waals surface area contributed by atoms with Gasteiger partial charge in [-0.1, -0.05) is 0 Å². The minimum absolute atomic E-state index is 0.107. The molecule has 1 aromatic rings. The Morgan fingerprint density at radius 2 is 1.71 bits per heavy atom. The summed E-state index contributed by atoms with van der Waals surface area (Å²) >= 11 is 0. The van der Waals surface area contributed by atoms with Gasteiger partial charge in [0.25, 0.3) is 0 Å². The number of rotatable bonds is 6. The van der Waals surface area contributed by atoms with Gasteiger partial charge in [-0.25, -0.2) is 0 Å². The molecule has 21 heavy (non-hydrogen) atoms. The van der Waals surface area contributed by atoms with E-state index in [1.54, 1.807) is 13.2 Å². The molecule has 1 aromatic carbocycles. The van der Waals surface area contributed by atoms with Gasteiger partial charge >= 0.3 is 0 Å². The molecule has 0 unspecified atom stereocenters. The van der Waals surface area contributed by atoms with Gasteiger partial charge in [-0.05, 0) is 48.7 Å². The highest BCUT2D eigenvalue weighted by Gasteiger charge is 2.03. The third-order valence-corrected chi connectivity index (χ3v) is 3.00. The van der Waals surface area contributed by atoms with Crippen molar-refractivity contribution in [2.24, 2.45) is 0 Å². The first-order valence-corrected chi connectivity index (χ1v) is 6.79. The van der Waals surface area contributed by atoms with Crippen LogP contribution in [0.15, 0.2) is 18.2 Å². The molecule has 0 radical (unpaired) electrons. The van der Waals surface area contributed by atoms with Gasteiger partial charge in [-0.3, -0.25) is 9.59 Å².